The first-order valence-corrected chi connectivity index (χ1v) is 6.92. The summed E-state index contributed by atoms with van der Waals surface area (Å²) in [6.07, 6.45) is -4.56. The van der Waals surface area contributed by atoms with Gasteiger partial charge in [-0.15, -0.1) is 0 Å². The first kappa shape index (κ1) is 17.7. The highest BCUT2D eigenvalue weighted by Gasteiger charge is 2.29. The van der Waals surface area contributed by atoms with Crippen LogP contribution >= 0.6 is 0 Å². The van der Waals surface area contributed by atoms with E-state index in [1.165, 1.54) is 6.07 Å². The predicted molar refractivity (Wildman–Crippen MR) is 79.5 cm³/mol. The van der Waals surface area contributed by atoms with Crippen LogP contribution in [0.1, 0.15) is 12.0 Å². The van der Waals surface area contributed by atoms with Gasteiger partial charge in [-0.1, -0.05) is 6.07 Å². The summed E-state index contributed by atoms with van der Waals surface area (Å²) < 4.78 is 64.0. The minimum Gasteiger partial charge on any atom is -0.380 e. The molecule has 0 aliphatic heterocycles. The largest absolute Gasteiger partial charge is 0.416 e. The third kappa shape index (κ3) is 4.68. The number of carbonyl (C=O) groups excluding carboxylic acids is 1. The molecule has 0 saturated heterocycles. The average molecular weight is 344 g/mol. The molecule has 0 saturated carbocycles. The number of amides is 1. The maximum atomic E-state index is 13.4. The maximum Gasteiger partial charge on any atom is 0.416 e. The maximum absolute atomic E-state index is 13.4. The van der Waals surface area contributed by atoms with Crippen LogP contribution in [0, 0.1) is 11.6 Å². The molecule has 0 bridgehead atoms. The van der Waals surface area contributed by atoms with Crippen LogP contribution in [0.5, 0.6) is 0 Å². The number of anilines is 2. The van der Waals surface area contributed by atoms with Crippen LogP contribution in [0.3, 0.4) is 0 Å². The Bertz CT molecular complexity index is 693. The van der Waals surface area contributed by atoms with Gasteiger partial charge in [0, 0.05) is 18.7 Å². The number of hydrogen-bond donors (Lipinski definition) is 2. The zero-order valence-corrected chi connectivity index (χ0v) is 12.3. The molecule has 3 nitrogen and oxygen atoms in total. The summed E-state index contributed by atoms with van der Waals surface area (Å²) in [6, 6.07) is 7.33. The SMILES string of the molecule is O=C(CCNc1c(F)cccc1F)Nc1ccc(C(F)(F)F)cc1. The lowest BCUT2D eigenvalue weighted by Gasteiger charge is -2.10. The lowest BCUT2D eigenvalue weighted by Crippen LogP contribution is -2.17. The fourth-order valence-corrected chi connectivity index (χ4v) is 1.93. The summed E-state index contributed by atoms with van der Waals surface area (Å²) >= 11 is 0. The van der Waals surface area contributed by atoms with Gasteiger partial charge >= 0.3 is 6.18 Å². The van der Waals surface area contributed by atoms with Gasteiger partial charge in [0.2, 0.25) is 5.91 Å². The summed E-state index contributed by atoms with van der Waals surface area (Å²) in [6.45, 7) is -0.0374. The molecular formula is C16H13F5N2O. The van der Waals surface area contributed by atoms with E-state index in [-0.39, 0.29) is 24.3 Å². The number of hydrogen-bond acceptors (Lipinski definition) is 2. The highest BCUT2D eigenvalue weighted by atomic mass is 19.4. The first-order chi connectivity index (χ1) is 11.3. The molecule has 0 radical (unpaired) electrons. The summed E-state index contributed by atoms with van der Waals surface area (Å²) in [7, 11) is 0. The van der Waals surface area contributed by atoms with E-state index in [4.69, 9.17) is 0 Å². The Kier molecular flexibility index (Phi) is 5.38. The van der Waals surface area contributed by atoms with Gasteiger partial charge in [0.25, 0.3) is 0 Å². The summed E-state index contributed by atoms with van der Waals surface area (Å²) in [4.78, 5) is 11.7. The van der Waals surface area contributed by atoms with Crippen molar-refractivity contribution in [3.63, 3.8) is 0 Å². The normalized spacial score (nSPS) is 11.2. The van der Waals surface area contributed by atoms with Crippen LogP contribution in [-0.4, -0.2) is 12.5 Å². The molecular weight excluding hydrogens is 331 g/mol. The minimum atomic E-state index is -4.45. The number of carbonyl (C=O) groups is 1. The van der Waals surface area contributed by atoms with Crippen molar-refractivity contribution in [1.29, 1.82) is 0 Å². The van der Waals surface area contributed by atoms with Crippen LogP contribution in [-0.2, 0) is 11.0 Å². The van der Waals surface area contributed by atoms with Gasteiger partial charge in [-0.3, -0.25) is 4.79 Å². The Labute approximate surface area is 134 Å². The quantitative estimate of drug-likeness (QED) is 0.788. The molecule has 2 rings (SSSR count). The molecule has 0 aliphatic rings. The Morgan fingerprint density at radius 3 is 2.08 bits per heavy atom. The topological polar surface area (TPSA) is 41.1 Å². The fraction of sp³-hybridized carbons (Fsp3) is 0.188. The average Bonchev–Trinajstić information content (AvgIpc) is 2.50. The van der Waals surface area contributed by atoms with Crippen molar-refractivity contribution in [1.82, 2.24) is 0 Å². The summed E-state index contributed by atoms with van der Waals surface area (Å²) in [5.41, 5.74) is -0.956. The Balaban J connectivity index is 1.85. The Hall–Kier alpha value is -2.64. The van der Waals surface area contributed by atoms with Gasteiger partial charge in [0.05, 0.1) is 5.56 Å². The number of benzene rings is 2. The van der Waals surface area contributed by atoms with E-state index < -0.39 is 29.3 Å². The zero-order chi connectivity index (χ0) is 17.7. The van der Waals surface area contributed by atoms with E-state index in [2.05, 4.69) is 10.6 Å². The van der Waals surface area contributed by atoms with E-state index in [1.807, 2.05) is 0 Å². The van der Waals surface area contributed by atoms with Gasteiger partial charge in [-0.2, -0.15) is 13.2 Å². The van der Waals surface area contributed by atoms with Crippen molar-refractivity contribution in [3.8, 4) is 0 Å². The molecule has 2 aromatic rings. The third-order valence-electron chi connectivity index (χ3n) is 3.11. The number of nitrogens with one attached hydrogen (secondary N) is 2. The molecule has 0 fully saturated rings. The molecule has 24 heavy (non-hydrogen) atoms. The number of rotatable bonds is 5. The van der Waals surface area contributed by atoms with E-state index in [0.717, 1.165) is 36.4 Å². The highest BCUT2D eigenvalue weighted by molar-refractivity contribution is 5.91. The highest BCUT2D eigenvalue weighted by Crippen LogP contribution is 2.29. The monoisotopic (exact) mass is 344 g/mol. The minimum absolute atomic E-state index is 0.0374. The van der Waals surface area contributed by atoms with E-state index in [9.17, 15) is 26.7 Å². The van der Waals surface area contributed by atoms with Gasteiger partial charge in [0.1, 0.15) is 17.3 Å². The molecule has 0 spiro atoms. The number of alkyl halides is 3. The van der Waals surface area contributed by atoms with E-state index in [0.29, 0.717) is 0 Å². The van der Waals surface area contributed by atoms with Crippen LogP contribution in [0.15, 0.2) is 42.5 Å². The molecule has 0 atom stereocenters. The molecule has 1 amide bonds. The number of halogens is 5. The van der Waals surface area contributed by atoms with Gasteiger partial charge in [0.15, 0.2) is 0 Å². The Morgan fingerprint density at radius 2 is 1.54 bits per heavy atom. The Morgan fingerprint density at radius 1 is 0.958 bits per heavy atom. The third-order valence-corrected chi connectivity index (χ3v) is 3.11. The molecule has 0 heterocycles. The van der Waals surface area contributed by atoms with Crippen molar-refractivity contribution >= 4 is 17.3 Å². The van der Waals surface area contributed by atoms with Gasteiger partial charge < -0.3 is 10.6 Å². The van der Waals surface area contributed by atoms with Crippen molar-refractivity contribution in [2.24, 2.45) is 0 Å². The van der Waals surface area contributed by atoms with Crippen molar-refractivity contribution < 1.29 is 26.7 Å². The second kappa shape index (κ2) is 7.29. The van der Waals surface area contributed by atoms with Crippen LogP contribution in [0.25, 0.3) is 0 Å². The molecule has 2 aromatic carbocycles. The predicted octanol–water partition coefficient (Wildman–Crippen LogP) is 4.42. The molecule has 0 unspecified atom stereocenters. The smallest absolute Gasteiger partial charge is 0.380 e. The lowest BCUT2D eigenvalue weighted by molar-refractivity contribution is -0.137. The number of para-hydroxylation sites is 1. The fourth-order valence-electron chi connectivity index (χ4n) is 1.93. The van der Waals surface area contributed by atoms with E-state index >= 15 is 0 Å². The van der Waals surface area contributed by atoms with Crippen LogP contribution in [0.4, 0.5) is 33.3 Å². The first-order valence-electron chi connectivity index (χ1n) is 6.92. The van der Waals surface area contributed by atoms with Crippen LogP contribution in [0.2, 0.25) is 0 Å². The second-order valence-electron chi connectivity index (χ2n) is 4.90. The van der Waals surface area contributed by atoms with Crippen molar-refractivity contribution in [2.45, 2.75) is 12.6 Å². The molecule has 128 valence electrons. The van der Waals surface area contributed by atoms with Crippen LogP contribution < -0.4 is 10.6 Å². The lowest BCUT2D eigenvalue weighted by atomic mass is 10.2. The molecule has 2 N–H and O–H groups in total. The molecule has 0 aromatic heterocycles. The molecule has 0 aliphatic carbocycles. The standard InChI is InChI=1S/C16H13F5N2O/c17-12-2-1-3-13(18)15(12)22-9-8-14(24)23-11-6-4-10(5-7-11)16(19,20)21/h1-7,22H,8-9H2,(H,23,24). The van der Waals surface area contributed by atoms with E-state index in [1.54, 1.807) is 0 Å². The van der Waals surface area contributed by atoms with Crippen molar-refractivity contribution in [3.05, 3.63) is 59.7 Å². The van der Waals surface area contributed by atoms with Crippen molar-refractivity contribution in [2.75, 3.05) is 17.2 Å². The molecule has 8 heteroatoms. The zero-order valence-electron chi connectivity index (χ0n) is 12.3. The van der Waals surface area contributed by atoms with Gasteiger partial charge in [-0.25, -0.2) is 8.78 Å². The second-order valence-corrected chi connectivity index (χ2v) is 4.90. The summed E-state index contributed by atoms with van der Waals surface area (Å²) in [5, 5.41) is 4.87. The summed E-state index contributed by atoms with van der Waals surface area (Å²) in [5.74, 6) is -2.06. The van der Waals surface area contributed by atoms with Gasteiger partial charge in [-0.05, 0) is 36.4 Å².